The summed E-state index contributed by atoms with van der Waals surface area (Å²) < 4.78 is 1.78. The lowest BCUT2D eigenvalue weighted by Crippen LogP contribution is -2.16. The van der Waals surface area contributed by atoms with Gasteiger partial charge < -0.3 is 5.73 Å². The summed E-state index contributed by atoms with van der Waals surface area (Å²) in [6.45, 7) is 5.50. The Morgan fingerprint density at radius 1 is 1.33 bits per heavy atom. The second kappa shape index (κ2) is 3.05. The minimum absolute atomic E-state index is 0.397. The molecule has 0 atom stereocenters. The van der Waals surface area contributed by atoms with E-state index < -0.39 is 5.91 Å². The van der Waals surface area contributed by atoms with E-state index in [4.69, 9.17) is 5.73 Å². The van der Waals surface area contributed by atoms with Crippen molar-refractivity contribution in [1.82, 2.24) is 14.4 Å². The highest BCUT2D eigenvalue weighted by molar-refractivity contribution is 5.99. The van der Waals surface area contributed by atoms with E-state index in [-0.39, 0.29) is 0 Å². The molecule has 0 aliphatic rings. The van der Waals surface area contributed by atoms with Crippen LogP contribution in [-0.4, -0.2) is 20.3 Å². The lowest BCUT2D eigenvalue weighted by molar-refractivity contribution is 0.100. The molecule has 0 saturated heterocycles. The molecule has 0 spiro atoms. The SMILES string of the molecule is Cc1cn2c(C)nc(C)c(C(N)=O)c2n1. The van der Waals surface area contributed by atoms with Crippen LogP contribution in [0.5, 0.6) is 0 Å². The molecule has 2 heterocycles. The van der Waals surface area contributed by atoms with Gasteiger partial charge in [-0.05, 0) is 20.8 Å². The van der Waals surface area contributed by atoms with Crippen molar-refractivity contribution in [2.45, 2.75) is 20.8 Å². The summed E-state index contributed by atoms with van der Waals surface area (Å²) in [5, 5.41) is 0. The van der Waals surface area contributed by atoms with E-state index in [1.807, 2.05) is 20.0 Å². The van der Waals surface area contributed by atoms with Crippen molar-refractivity contribution in [2.24, 2.45) is 5.73 Å². The minimum Gasteiger partial charge on any atom is -0.365 e. The van der Waals surface area contributed by atoms with Crippen LogP contribution in [-0.2, 0) is 0 Å². The topological polar surface area (TPSA) is 73.3 Å². The van der Waals surface area contributed by atoms with E-state index in [1.165, 1.54) is 0 Å². The molecule has 2 aromatic heterocycles. The first-order chi connectivity index (χ1) is 7.00. The summed E-state index contributed by atoms with van der Waals surface area (Å²) in [5.74, 6) is 0.309. The average Bonchev–Trinajstić information content (AvgIpc) is 2.45. The molecule has 0 saturated carbocycles. The molecule has 2 N–H and O–H groups in total. The van der Waals surface area contributed by atoms with E-state index in [2.05, 4.69) is 9.97 Å². The first kappa shape index (κ1) is 9.64. The molecule has 0 radical (unpaired) electrons. The van der Waals surface area contributed by atoms with Crippen molar-refractivity contribution < 1.29 is 4.79 Å². The Bertz CT molecular complexity index is 556. The summed E-state index contributed by atoms with van der Waals surface area (Å²) in [5.41, 5.74) is 7.76. The summed E-state index contributed by atoms with van der Waals surface area (Å²) >= 11 is 0. The second-order valence-electron chi connectivity index (χ2n) is 3.56. The number of aromatic nitrogens is 3. The third-order valence-corrected chi connectivity index (χ3v) is 2.34. The summed E-state index contributed by atoms with van der Waals surface area (Å²) in [4.78, 5) is 19.8. The molecular formula is C10H12N4O. The van der Waals surface area contributed by atoms with Crippen molar-refractivity contribution >= 4 is 11.6 Å². The number of hydrogen-bond acceptors (Lipinski definition) is 3. The van der Waals surface area contributed by atoms with Crippen LogP contribution in [0.2, 0.25) is 0 Å². The Balaban J connectivity index is 2.95. The monoisotopic (exact) mass is 204 g/mol. The van der Waals surface area contributed by atoms with E-state index >= 15 is 0 Å². The van der Waals surface area contributed by atoms with Gasteiger partial charge in [0.05, 0.1) is 11.4 Å². The molecule has 2 rings (SSSR count). The molecule has 0 aliphatic carbocycles. The van der Waals surface area contributed by atoms with E-state index in [0.717, 1.165) is 11.5 Å². The quantitative estimate of drug-likeness (QED) is 0.745. The van der Waals surface area contributed by atoms with Gasteiger partial charge >= 0.3 is 0 Å². The number of amides is 1. The van der Waals surface area contributed by atoms with Crippen molar-refractivity contribution in [1.29, 1.82) is 0 Å². The number of rotatable bonds is 1. The summed E-state index contributed by atoms with van der Waals surface area (Å²) in [7, 11) is 0. The fourth-order valence-corrected chi connectivity index (χ4v) is 1.72. The third kappa shape index (κ3) is 1.36. The molecule has 0 bridgehead atoms. The zero-order valence-electron chi connectivity index (χ0n) is 8.90. The maximum atomic E-state index is 11.3. The van der Waals surface area contributed by atoms with Crippen LogP contribution in [0.15, 0.2) is 6.20 Å². The highest BCUT2D eigenvalue weighted by Crippen LogP contribution is 2.15. The van der Waals surface area contributed by atoms with E-state index in [9.17, 15) is 4.79 Å². The molecular weight excluding hydrogens is 192 g/mol. The molecule has 0 aliphatic heterocycles. The number of aryl methyl sites for hydroxylation is 3. The van der Waals surface area contributed by atoms with Crippen LogP contribution >= 0.6 is 0 Å². The predicted octanol–water partition coefficient (Wildman–Crippen LogP) is 0.753. The molecule has 5 nitrogen and oxygen atoms in total. The maximum absolute atomic E-state index is 11.3. The number of primary amides is 1. The van der Waals surface area contributed by atoms with Gasteiger partial charge in [0, 0.05) is 6.20 Å². The highest BCUT2D eigenvalue weighted by Gasteiger charge is 2.15. The van der Waals surface area contributed by atoms with E-state index in [0.29, 0.717) is 16.9 Å². The molecule has 0 unspecified atom stereocenters. The number of nitrogens with zero attached hydrogens (tertiary/aromatic N) is 3. The average molecular weight is 204 g/mol. The Morgan fingerprint density at radius 2 is 2.00 bits per heavy atom. The minimum atomic E-state index is -0.490. The third-order valence-electron chi connectivity index (χ3n) is 2.34. The predicted molar refractivity (Wildman–Crippen MR) is 55.7 cm³/mol. The van der Waals surface area contributed by atoms with Crippen molar-refractivity contribution in [3.63, 3.8) is 0 Å². The van der Waals surface area contributed by atoms with Crippen molar-refractivity contribution in [3.8, 4) is 0 Å². The largest absolute Gasteiger partial charge is 0.365 e. The first-order valence-electron chi connectivity index (χ1n) is 4.63. The lowest BCUT2D eigenvalue weighted by atomic mass is 10.2. The van der Waals surface area contributed by atoms with Gasteiger partial charge in [0.15, 0.2) is 5.65 Å². The van der Waals surface area contributed by atoms with Gasteiger partial charge in [-0.2, -0.15) is 0 Å². The number of carbonyl (C=O) groups excluding carboxylic acids is 1. The number of nitrogens with two attached hydrogens (primary N) is 1. The zero-order chi connectivity index (χ0) is 11.2. The molecule has 0 fully saturated rings. The van der Waals surface area contributed by atoms with Gasteiger partial charge in [0.25, 0.3) is 5.91 Å². The Hall–Kier alpha value is -1.91. The fraction of sp³-hybridized carbons (Fsp3) is 0.300. The summed E-state index contributed by atoms with van der Waals surface area (Å²) in [6, 6.07) is 0. The summed E-state index contributed by atoms with van der Waals surface area (Å²) in [6.07, 6.45) is 1.84. The van der Waals surface area contributed by atoms with Gasteiger partial charge in [-0.15, -0.1) is 0 Å². The van der Waals surface area contributed by atoms with Gasteiger partial charge in [0.1, 0.15) is 11.4 Å². The van der Waals surface area contributed by atoms with Crippen LogP contribution < -0.4 is 5.73 Å². The fourth-order valence-electron chi connectivity index (χ4n) is 1.72. The van der Waals surface area contributed by atoms with Gasteiger partial charge in [-0.1, -0.05) is 0 Å². The first-order valence-corrected chi connectivity index (χ1v) is 4.63. The van der Waals surface area contributed by atoms with Crippen LogP contribution in [0.25, 0.3) is 5.65 Å². The number of hydrogen-bond donors (Lipinski definition) is 1. The number of imidazole rings is 1. The highest BCUT2D eigenvalue weighted by atomic mass is 16.1. The van der Waals surface area contributed by atoms with Crippen LogP contribution in [0.3, 0.4) is 0 Å². The molecule has 5 heteroatoms. The van der Waals surface area contributed by atoms with Gasteiger partial charge in [0.2, 0.25) is 0 Å². The standard InChI is InChI=1S/C10H12N4O/c1-5-4-14-7(3)13-6(2)8(9(11)15)10(14)12-5/h4H,1-3H3,(H2,11,15). The number of fused-ring (bicyclic) bond motifs is 1. The van der Waals surface area contributed by atoms with Gasteiger partial charge in [-0.3, -0.25) is 9.20 Å². The van der Waals surface area contributed by atoms with Gasteiger partial charge in [-0.25, -0.2) is 9.97 Å². The van der Waals surface area contributed by atoms with Crippen molar-refractivity contribution in [2.75, 3.05) is 0 Å². The molecule has 1 amide bonds. The van der Waals surface area contributed by atoms with Crippen LogP contribution in [0.1, 0.15) is 27.6 Å². The molecule has 0 aromatic carbocycles. The normalized spacial score (nSPS) is 10.9. The lowest BCUT2D eigenvalue weighted by Gasteiger charge is -2.05. The molecule has 78 valence electrons. The Labute approximate surface area is 87.0 Å². The van der Waals surface area contributed by atoms with Crippen LogP contribution in [0.4, 0.5) is 0 Å². The molecule has 2 aromatic rings. The maximum Gasteiger partial charge on any atom is 0.254 e. The molecule has 15 heavy (non-hydrogen) atoms. The van der Waals surface area contributed by atoms with Crippen LogP contribution in [0, 0.1) is 20.8 Å². The van der Waals surface area contributed by atoms with E-state index in [1.54, 1.807) is 11.3 Å². The Kier molecular flexibility index (Phi) is 1.96. The number of carbonyl (C=O) groups is 1. The smallest absolute Gasteiger partial charge is 0.254 e. The Morgan fingerprint density at radius 3 is 2.60 bits per heavy atom. The second-order valence-corrected chi connectivity index (χ2v) is 3.56. The zero-order valence-corrected chi connectivity index (χ0v) is 8.90. The van der Waals surface area contributed by atoms with Crippen molar-refractivity contribution in [3.05, 3.63) is 29.0 Å².